The zero-order valence-electron chi connectivity index (χ0n) is 13.5. The normalized spacial score (nSPS) is 12.4. The van der Waals surface area contributed by atoms with E-state index in [-0.39, 0.29) is 19.3 Å². The van der Waals surface area contributed by atoms with Gasteiger partial charge < -0.3 is 19.6 Å². The summed E-state index contributed by atoms with van der Waals surface area (Å²) in [5.74, 6) is 0.982. The molecule has 0 spiro atoms. The molecule has 7 nitrogen and oxygen atoms in total. The smallest absolute Gasteiger partial charge is 0.265 e. The Morgan fingerprint density at radius 1 is 1.28 bits per heavy atom. The lowest BCUT2D eigenvalue weighted by Crippen LogP contribution is -2.17. The lowest BCUT2D eigenvalue weighted by Gasteiger charge is -2.06. The molecule has 25 heavy (non-hydrogen) atoms. The van der Waals surface area contributed by atoms with Crippen molar-refractivity contribution in [2.45, 2.75) is 6.92 Å². The van der Waals surface area contributed by atoms with Gasteiger partial charge in [0.2, 0.25) is 6.79 Å². The molecule has 1 N–H and O–H groups in total. The van der Waals surface area contributed by atoms with Crippen LogP contribution >= 0.6 is 0 Å². The molecular weight excluding hydrogens is 322 g/mol. The topological polar surface area (TPSA) is 92.9 Å². The van der Waals surface area contributed by atoms with Gasteiger partial charge in [0, 0.05) is 11.3 Å². The maximum absolute atomic E-state index is 11.9. The van der Waals surface area contributed by atoms with E-state index < -0.39 is 0 Å². The molecule has 126 valence electrons. The van der Waals surface area contributed by atoms with Crippen LogP contribution in [0.2, 0.25) is 0 Å². The van der Waals surface area contributed by atoms with Crippen molar-refractivity contribution in [1.82, 2.24) is 0 Å². The van der Waals surface area contributed by atoms with Crippen LogP contribution in [0.4, 0.5) is 5.69 Å². The number of rotatable bonds is 5. The van der Waals surface area contributed by atoms with Crippen LogP contribution in [0.3, 0.4) is 0 Å². The fourth-order valence-electron chi connectivity index (χ4n) is 2.23. The number of hydrogen-bond acceptors (Lipinski definition) is 6. The molecule has 0 saturated carbocycles. The number of anilines is 1. The third kappa shape index (κ3) is 4.06. The van der Waals surface area contributed by atoms with E-state index in [9.17, 15) is 4.79 Å². The number of benzene rings is 2. The average molecular weight is 337 g/mol. The fourth-order valence-corrected chi connectivity index (χ4v) is 2.23. The molecule has 0 unspecified atom stereocenters. The lowest BCUT2D eigenvalue weighted by atomic mass is 10.1. The van der Waals surface area contributed by atoms with Crippen LogP contribution < -0.4 is 14.8 Å². The second kappa shape index (κ2) is 7.36. The minimum absolute atomic E-state index is 0.207. The molecule has 2 aromatic rings. The first-order valence-corrected chi connectivity index (χ1v) is 7.52. The highest BCUT2D eigenvalue weighted by atomic mass is 16.7. The predicted octanol–water partition coefficient (Wildman–Crippen LogP) is 2.67. The first-order chi connectivity index (χ1) is 12.2. The minimum Gasteiger partial charge on any atom is -0.454 e. The Bertz CT molecular complexity index is 871. The summed E-state index contributed by atoms with van der Waals surface area (Å²) in [7, 11) is 0. The second-order valence-corrected chi connectivity index (χ2v) is 5.26. The van der Waals surface area contributed by atoms with Crippen molar-refractivity contribution in [2.75, 3.05) is 18.7 Å². The van der Waals surface area contributed by atoms with Crippen molar-refractivity contribution < 1.29 is 19.1 Å². The van der Waals surface area contributed by atoms with Crippen LogP contribution in [0, 0.1) is 11.3 Å². The van der Waals surface area contributed by atoms with Crippen LogP contribution in [0.15, 0.2) is 47.6 Å². The summed E-state index contributed by atoms with van der Waals surface area (Å²) in [6, 6.07) is 14.1. The quantitative estimate of drug-likeness (QED) is 0.669. The summed E-state index contributed by atoms with van der Waals surface area (Å²) in [4.78, 5) is 17.0. The second-order valence-electron chi connectivity index (χ2n) is 5.26. The first kappa shape index (κ1) is 16.3. The molecule has 0 aromatic heterocycles. The molecule has 0 bridgehead atoms. The zero-order valence-corrected chi connectivity index (χ0v) is 13.5. The van der Waals surface area contributed by atoms with Gasteiger partial charge in [0.1, 0.15) is 0 Å². The Labute approximate surface area is 144 Å². The average Bonchev–Trinajstić information content (AvgIpc) is 3.09. The molecule has 0 saturated heterocycles. The van der Waals surface area contributed by atoms with E-state index in [0.717, 1.165) is 5.56 Å². The molecule has 0 aliphatic carbocycles. The Morgan fingerprint density at radius 3 is 2.96 bits per heavy atom. The number of nitrogens with one attached hydrogen (secondary N) is 1. The van der Waals surface area contributed by atoms with E-state index in [2.05, 4.69) is 10.5 Å². The van der Waals surface area contributed by atoms with Gasteiger partial charge >= 0.3 is 0 Å². The predicted molar refractivity (Wildman–Crippen MR) is 90.5 cm³/mol. The van der Waals surface area contributed by atoms with Crippen LogP contribution in [0.25, 0.3) is 0 Å². The van der Waals surface area contributed by atoms with Gasteiger partial charge in [0.25, 0.3) is 5.91 Å². The fraction of sp³-hybridized carbons (Fsp3) is 0.167. The first-order valence-electron chi connectivity index (χ1n) is 7.52. The van der Waals surface area contributed by atoms with E-state index in [1.54, 1.807) is 43.3 Å². The molecule has 0 atom stereocenters. The molecular formula is C18H15N3O4. The van der Waals surface area contributed by atoms with Gasteiger partial charge in [-0.15, -0.1) is 0 Å². The van der Waals surface area contributed by atoms with Crippen LogP contribution in [-0.4, -0.2) is 25.0 Å². The van der Waals surface area contributed by atoms with Gasteiger partial charge in [0.15, 0.2) is 18.1 Å². The van der Waals surface area contributed by atoms with E-state index in [0.29, 0.717) is 28.5 Å². The van der Waals surface area contributed by atoms with E-state index in [1.807, 2.05) is 12.1 Å². The van der Waals surface area contributed by atoms with Gasteiger partial charge in [-0.1, -0.05) is 11.2 Å². The zero-order chi connectivity index (χ0) is 17.6. The van der Waals surface area contributed by atoms with Crippen molar-refractivity contribution >= 4 is 17.3 Å². The van der Waals surface area contributed by atoms with Gasteiger partial charge in [0.05, 0.1) is 17.3 Å². The molecule has 0 fully saturated rings. The maximum Gasteiger partial charge on any atom is 0.265 e. The Hall–Kier alpha value is -3.53. The number of hydrogen-bond donors (Lipinski definition) is 1. The number of amides is 1. The third-order valence-corrected chi connectivity index (χ3v) is 3.46. The van der Waals surface area contributed by atoms with Crippen LogP contribution in [0.5, 0.6) is 11.5 Å². The standard InChI is InChI=1S/C18H15N3O4/c1-12(14-5-6-16-17(8-14)24-11-23-16)21-25-10-18(22)20-15-4-2-3-13(7-15)9-19/h2-8H,10-11H2,1H3,(H,20,22)/b21-12-. The summed E-state index contributed by atoms with van der Waals surface area (Å²) in [6.07, 6.45) is 0. The van der Waals surface area contributed by atoms with Gasteiger partial charge in [-0.05, 0) is 43.3 Å². The van der Waals surface area contributed by atoms with E-state index in [4.69, 9.17) is 19.6 Å². The molecule has 1 aliphatic rings. The number of nitrogens with zero attached hydrogens (tertiary/aromatic N) is 2. The Balaban J connectivity index is 1.55. The van der Waals surface area contributed by atoms with E-state index >= 15 is 0 Å². The summed E-state index contributed by atoms with van der Waals surface area (Å²) < 4.78 is 10.6. The third-order valence-electron chi connectivity index (χ3n) is 3.46. The Kier molecular flexibility index (Phi) is 4.81. The SMILES string of the molecule is C/C(=N/OCC(=O)Nc1cccc(C#N)c1)c1ccc2c(c1)OCO2. The number of ether oxygens (including phenoxy) is 2. The molecule has 2 aromatic carbocycles. The monoisotopic (exact) mass is 337 g/mol. The van der Waals surface area contributed by atoms with Crippen molar-refractivity contribution in [3.63, 3.8) is 0 Å². The summed E-state index contributed by atoms with van der Waals surface area (Å²) in [5.41, 5.74) is 2.42. The lowest BCUT2D eigenvalue weighted by molar-refractivity contribution is -0.120. The van der Waals surface area contributed by atoms with Crippen molar-refractivity contribution in [2.24, 2.45) is 5.16 Å². The van der Waals surface area contributed by atoms with Gasteiger partial charge in [-0.2, -0.15) is 5.26 Å². The molecule has 0 radical (unpaired) electrons. The molecule has 1 amide bonds. The number of fused-ring (bicyclic) bond motifs is 1. The molecule has 3 rings (SSSR count). The van der Waals surface area contributed by atoms with Crippen molar-refractivity contribution in [3.05, 3.63) is 53.6 Å². The maximum atomic E-state index is 11.9. The number of carbonyl (C=O) groups excluding carboxylic acids is 1. The van der Waals surface area contributed by atoms with Crippen molar-refractivity contribution in [3.8, 4) is 17.6 Å². The summed E-state index contributed by atoms with van der Waals surface area (Å²) in [5, 5.41) is 15.4. The molecule has 1 aliphatic heterocycles. The molecule has 7 heteroatoms. The highest BCUT2D eigenvalue weighted by Gasteiger charge is 2.14. The minimum atomic E-state index is -0.364. The largest absolute Gasteiger partial charge is 0.454 e. The van der Waals surface area contributed by atoms with Gasteiger partial charge in [-0.3, -0.25) is 4.79 Å². The number of oxime groups is 1. The van der Waals surface area contributed by atoms with Gasteiger partial charge in [-0.25, -0.2) is 0 Å². The van der Waals surface area contributed by atoms with Crippen molar-refractivity contribution in [1.29, 1.82) is 5.26 Å². The highest BCUT2D eigenvalue weighted by Crippen LogP contribution is 2.32. The highest BCUT2D eigenvalue weighted by molar-refractivity contribution is 5.99. The number of carbonyl (C=O) groups is 1. The number of nitriles is 1. The van der Waals surface area contributed by atoms with E-state index in [1.165, 1.54) is 0 Å². The summed E-state index contributed by atoms with van der Waals surface area (Å²) in [6.45, 7) is 1.74. The summed E-state index contributed by atoms with van der Waals surface area (Å²) >= 11 is 0. The van der Waals surface area contributed by atoms with Crippen LogP contribution in [-0.2, 0) is 9.63 Å². The Morgan fingerprint density at radius 2 is 2.12 bits per heavy atom. The van der Waals surface area contributed by atoms with Crippen LogP contribution in [0.1, 0.15) is 18.1 Å². The molecule has 1 heterocycles.